The molecule has 3 nitrogen and oxygen atoms in total. The number of amides is 1. The summed E-state index contributed by atoms with van der Waals surface area (Å²) in [5.41, 5.74) is 0.261. The lowest BCUT2D eigenvalue weighted by Gasteiger charge is -2.41. The van der Waals surface area contributed by atoms with Gasteiger partial charge in [-0.2, -0.15) is 0 Å². The number of likely N-dealkylation sites (tertiary alicyclic amines) is 1. The van der Waals surface area contributed by atoms with Crippen molar-refractivity contribution in [1.82, 2.24) is 4.90 Å². The molecule has 23 heavy (non-hydrogen) atoms. The molecule has 1 heterocycles. The van der Waals surface area contributed by atoms with Crippen LogP contribution in [0.1, 0.15) is 52.1 Å². The van der Waals surface area contributed by atoms with Gasteiger partial charge in [0.05, 0.1) is 6.04 Å². The van der Waals surface area contributed by atoms with Crippen molar-refractivity contribution in [2.75, 3.05) is 6.54 Å². The zero-order valence-corrected chi connectivity index (χ0v) is 14.2. The van der Waals surface area contributed by atoms with Crippen LogP contribution >= 0.6 is 0 Å². The molecule has 1 amide bonds. The summed E-state index contributed by atoms with van der Waals surface area (Å²) in [6, 6.07) is 8.95. The van der Waals surface area contributed by atoms with Gasteiger partial charge in [-0.15, -0.1) is 0 Å². The highest BCUT2D eigenvalue weighted by molar-refractivity contribution is 5.69. The molecule has 1 saturated heterocycles. The Bertz CT molecular complexity index is 534. The van der Waals surface area contributed by atoms with Crippen LogP contribution in [0.3, 0.4) is 0 Å². The molecule has 0 bridgehead atoms. The van der Waals surface area contributed by atoms with E-state index in [1.165, 1.54) is 0 Å². The van der Waals surface area contributed by atoms with Crippen LogP contribution in [-0.2, 0) is 4.74 Å². The lowest BCUT2D eigenvalue weighted by molar-refractivity contribution is -0.0763. The molecule has 1 aromatic carbocycles. The minimum Gasteiger partial charge on any atom is -0.444 e. The third-order valence-electron chi connectivity index (χ3n) is 4.13. The first kappa shape index (κ1) is 17.7. The summed E-state index contributed by atoms with van der Waals surface area (Å²) in [6.45, 7) is 6.64. The van der Waals surface area contributed by atoms with E-state index < -0.39 is 23.5 Å². The van der Waals surface area contributed by atoms with Crippen molar-refractivity contribution in [3.63, 3.8) is 0 Å². The number of carbonyl (C=O) groups excluding carboxylic acids is 1. The maximum absolute atomic E-state index is 13.8. The van der Waals surface area contributed by atoms with Crippen molar-refractivity contribution in [3.05, 3.63) is 35.9 Å². The molecule has 0 aliphatic carbocycles. The van der Waals surface area contributed by atoms with Crippen molar-refractivity contribution in [1.29, 1.82) is 0 Å². The molecule has 5 heteroatoms. The molecule has 0 spiro atoms. The molecule has 0 radical (unpaired) electrons. The third-order valence-corrected chi connectivity index (χ3v) is 4.13. The van der Waals surface area contributed by atoms with E-state index in [0.717, 1.165) is 12.5 Å². The number of hydrogen-bond acceptors (Lipinski definition) is 2. The van der Waals surface area contributed by atoms with Gasteiger partial charge >= 0.3 is 6.09 Å². The van der Waals surface area contributed by atoms with Gasteiger partial charge in [0, 0.05) is 12.5 Å². The third kappa shape index (κ3) is 4.66. The number of ether oxygens (including phenoxy) is 1. The number of hydrogen-bond donors (Lipinski definition) is 0. The monoisotopic (exact) mass is 325 g/mol. The molecule has 2 atom stereocenters. The smallest absolute Gasteiger partial charge is 0.410 e. The summed E-state index contributed by atoms with van der Waals surface area (Å²) >= 11 is 0. The summed E-state index contributed by atoms with van der Waals surface area (Å²) in [5.74, 6) is -3.47. The van der Waals surface area contributed by atoms with E-state index in [0.29, 0.717) is 0 Å². The van der Waals surface area contributed by atoms with Gasteiger partial charge in [0.2, 0.25) is 5.92 Å². The Hall–Kier alpha value is -1.65. The minimum absolute atomic E-state index is 0.243. The van der Waals surface area contributed by atoms with E-state index in [2.05, 4.69) is 0 Å². The number of alkyl halides is 2. The quantitative estimate of drug-likeness (QED) is 0.763. The van der Waals surface area contributed by atoms with Crippen LogP contribution in [-0.4, -0.2) is 29.1 Å². The second-order valence-corrected chi connectivity index (χ2v) is 7.28. The fraction of sp³-hybridized carbons (Fsp3) is 0.611. The first-order valence-corrected chi connectivity index (χ1v) is 8.00. The SMILES string of the molecule is CC(C)(C)OC(=O)N1CC[C@@H](C(C)(F)F)C[C@H]1c1ccccc1. The van der Waals surface area contributed by atoms with Gasteiger partial charge in [0.25, 0.3) is 0 Å². The Morgan fingerprint density at radius 1 is 1.17 bits per heavy atom. The summed E-state index contributed by atoms with van der Waals surface area (Å²) in [5, 5.41) is 0. The highest BCUT2D eigenvalue weighted by atomic mass is 19.3. The highest BCUT2D eigenvalue weighted by Gasteiger charge is 2.43. The number of benzene rings is 1. The van der Waals surface area contributed by atoms with Crippen molar-refractivity contribution < 1.29 is 18.3 Å². The van der Waals surface area contributed by atoms with E-state index in [1.807, 2.05) is 30.3 Å². The van der Waals surface area contributed by atoms with Crippen LogP contribution in [0.25, 0.3) is 0 Å². The average molecular weight is 325 g/mol. The van der Waals surface area contributed by atoms with Gasteiger partial charge in [-0.1, -0.05) is 30.3 Å². The van der Waals surface area contributed by atoms with E-state index in [1.54, 1.807) is 25.7 Å². The molecule has 0 unspecified atom stereocenters. The topological polar surface area (TPSA) is 29.5 Å². The van der Waals surface area contributed by atoms with Crippen molar-refractivity contribution in [2.24, 2.45) is 5.92 Å². The summed E-state index contributed by atoms with van der Waals surface area (Å²) in [7, 11) is 0. The van der Waals surface area contributed by atoms with Crippen LogP contribution in [0.4, 0.5) is 13.6 Å². The summed E-state index contributed by atoms with van der Waals surface area (Å²) in [4.78, 5) is 14.1. The number of halogens is 2. The van der Waals surface area contributed by atoms with Gasteiger partial charge in [-0.05, 0) is 46.1 Å². The zero-order chi connectivity index (χ0) is 17.3. The molecule has 0 saturated carbocycles. The van der Waals surface area contributed by atoms with E-state index >= 15 is 0 Å². The Morgan fingerprint density at radius 2 is 1.78 bits per heavy atom. The van der Waals surface area contributed by atoms with Crippen LogP contribution < -0.4 is 0 Å². The molecule has 1 aliphatic rings. The van der Waals surface area contributed by atoms with Gasteiger partial charge in [0.1, 0.15) is 5.60 Å². The van der Waals surface area contributed by atoms with Crippen molar-refractivity contribution in [3.8, 4) is 0 Å². The van der Waals surface area contributed by atoms with Crippen LogP contribution in [0.15, 0.2) is 30.3 Å². The molecular weight excluding hydrogens is 300 g/mol. The molecule has 1 fully saturated rings. The Kier molecular flexibility index (Phi) is 4.97. The minimum atomic E-state index is -2.74. The maximum Gasteiger partial charge on any atom is 0.410 e. The number of carbonyl (C=O) groups is 1. The molecule has 0 aromatic heterocycles. The van der Waals surface area contributed by atoms with Gasteiger partial charge < -0.3 is 9.64 Å². The standard InChI is InChI=1S/C18H25F2NO2/c1-17(2,3)23-16(22)21-11-10-14(18(4,19)20)12-15(21)13-8-6-5-7-9-13/h5-9,14-15H,10-12H2,1-4H3/t14-,15+/m1/s1. The number of rotatable bonds is 2. The van der Waals surface area contributed by atoms with Crippen LogP contribution in [0, 0.1) is 5.92 Å². The highest BCUT2D eigenvalue weighted by Crippen LogP contribution is 2.41. The molecule has 2 rings (SSSR count). The maximum atomic E-state index is 13.8. The normalized spacial score (nSPS) is 22.8. The summed E-state index contributed by atoms with van der Waals surface area (Å²) < 4.78 is 33.0. The van der Waals surface area contributed by atoms with Crippen LogP contribution in [0.5, 0.6) is 0 Å². The lowest BCUT2D eigenvalue weighted by atomic mass is 9.84. The van der Waals surface area contributed by atoms with E-state index in [9.17, 15) is 13.6 Å². The first-order chi connectivity index (χ1) is 10.6. The number of piperidine rings is 1. The molecule has 1 aliphatic heterocycles. The fourth-order valence-electron chi connectivity index (χ4n) is 2.96. The molecular formula is C18H25F2NO2. The number of nitrogens with zero attached hydrogens (tertiary/aromatic N) is 1. The Labute approximate surface area is 136 Å². The Morgan fingerprint density at radius 3 is 2.30 bits per heavy atom. The second-order valence-electron chi connectivity index (χ2n) is 7.28. The zero-order valence-electron chi connectivity index (χ0n) is 14.2. The largest absolute Gasteiger partial charge is 0.444 e. The second kappa shape index (κ2) is 6.46. The predicted octanol–water partition coefficient (Wildman–Crippen LogP) is 5.03. The van der Waals surface area contributed by atoms with Gasteiger partial charge in [-0.3, -0.25) is 0 Å². The lowest BCUT2D eigenvalue weighted by Crippen LogP contribution is -2.46. The average Bonchev–Trinajstić information content (AvgIpc) is 2.45. The molecule has 128 valence electrons. The van der Waals surface area contributed by atoms with Crippen molar-refractivity contribution >= 4 is 6.09 Å². The van der Waals surface area contributed by atoms with Gasteiger partial charge in [-0.25, -0.2) is 13.6 Å². The van der Waals surface area contributed by atoms with E-state index in [4.69, 9.17) is 4.74 Å². The molecule has 1 aromatic rings. The molecule has 0 N–H and O–H groups in total. The van der Waals surface area contributed by atoms with Gasteiger partial charge in [0.15, 0.2) is 0 Å². The summed E-state index contributed by atoms with van der Waals surface area (Å²) in [6.07, 6.45) is 0.0861. The Balaban J connectivity index is 2.25. The fourth-order valence-corrected chi connectivity index (χ4v) is 2.96. The van der Waals surface area contributed by atoms with Crippen LogP contribution in [0.2, 0.25) is 0 Å². The first-order valence-electron chi connectivity index (χ1n) is 8.00. The van der Waals surface area contributed by atoms with Crippen molar-refractivity contribution in [2.45, 2.75) is 58.1 Å². The van der Waals surface area contributed by atoms with E-state index in [-0.39, 0.29) is 25.4 Å². The predicted molar refractivity (Wildman–Crippen MR) is 85.5 cm³/mol.